The summed E-state index contributed by atoms with van der Waals surface area (Å²) in [6, 6.07) is 98.1. The maximum Gasteiger partial charge on any atom is -0.000139 e. The molecule has 0 amide bonds. The first-order valence-corrected chi connectivity index (χ1v) is 24.8. The summed E-state index contributed by atoms with van der Waals surface area (Å²) in [5, 5.41) is 7.36. The van der Waals surface area contributed by atoms with E-state index in [2.05, 4.69) is 267 Å². The molecule has 0 aliphatic rings. The van der Waals surface area contributed by atoms with E-state index >= 15 is 0 Å². The standard InChI is InChI=1S/C66H44.2C2H6/c1-7-19-45(20-8-1)49-31-35-53(36-32-49)61-57-41-39-55(47-23-11-3-12-24-47)43-59(57)64(52-29-17-6-18-30-52)66-62(54-37-33-50(34-38-54)46-21-9-2-10-22-46)58-42-40-56(48-25-13-4-14-26-48)44-60(58)63(65(61)66)51-27-15-5-16-28-51;2*1-2/h1-44H;2*1-2H3. The first-order valence-electron chi connectivity index (χ1n) is 24.8. The van der Waals surface area contributed by atoms with Crippen LogP contribution in [-0.2, 0) is 0 Å². The summed E-state index contributed by atoms with van der Waals surface area (Å²) in [5.41, 5.74) is 19.2. The van der Waals surface area contributed by atoms with Crippen molar-refractivity contribution in [2.75, 3.05) is 0 Å². The van der Waals surface area contributed by atoms with Crippen LogP contribution in [0.2, 0.25) is 0 Å². The van der Waals surface area contributed by atoms with Gasteiger partial charge in [-0.2, -0.15) is 0 Å². The number of hydrogen-bond donors (Lipinski definition) is 0. The molecule has 0 aliphatic heterocycles. The van der Waals surface area contributed by atoms with Gasteiger partial charge in [0.05, 0.1) is 0 Å². The van der Waals surface area contributed by atoms with Crippen LogP contribution in [0.25, 0.3) is 121 Å². The van der Waals surface area contributed by atoms with Gasteiger partial charge in [0.25, 0.3) is 0 Å². The van der Waals surface area contributed by atoms with Gasteiger partial charge in [-0.15, -0.1) is 0 Å². The molecule has 336 valence electrons. The summed E-state index contributed by atoms with van der Waals surface area (Å²) >= 11 is 0. The lowest BCUT2D eigenvalue weighted by atomic mass is 9.76. The molecule has 0 radical (unpaired) electrons. The minimum atomic E-state index is 1.18. The van der Waals surface area contributed by atoms with Crippen molar-refractivity contribution < 1.29 is 0 Å². The van der Waals surface area contributed by atoms with Crippen molar-refractivity contribution in [2.45, 2.75) is 27.7 Å². The monoisotopic (exact) mass is 896 g/mol. The van der Waals surface area contributed by atoms with E-state index in [4.69, 9.17) is 0 Å². The van der Waals surface area contributed by atoms with Gasteiger partial charge in [-0.05, 0) is 133 Å². The van der Waals surface area contributed by atoms with Crippen molar-refractivity contribution in [1.82, 2.24) is 0 Å². The van der Waals surface area contributed by atoms with Crippen molar-refractivity contribution in [3.05, 3.63) is 267 Å². The Balaban J connectivity index is 0.00000138. The summed E-state index contributed by atoms with van der Waals surface area (Å²) in [4.78, 5) is 0. The molecule has 0 saturated heterocycles. The molecule has 0 saturated carbocycles. The first kappa shape index (κ1) is 45.2. The number of rotatable bonds is 8. The van der Waals surface area contributed by atoms with E-state index in [1.807, 2.05) is 27.7 Å². The SMILES string of the molecule is CC.CC.c1ccc(-c2ccc(-c3c4ccc(-c5ccccc5)cc4c(-c4ccccc4)c4c(-c5ccc(-c6ccccc6)cc5)c5ccc(-c6ccccc6)cc5c(-c5ccccc5)c34)cc2)cc1. The topological polar surface area (TPSA) is 0 Å². The molecule has 0 nitrogen and oxygen atoms in total. The second kappa shape index (κ2) is 20.7. The van der Waals surface area contributed by atoms with Gasteiger partial charge in [0.1, 0.15) is 0 Å². The largest absolute Gasteiger partial charge is 0.0683 e. The third-order valence-electron chi connectivity index (χ3n) is 13.3. The fourth-order valence-corrected chi connectivity index (χ4v) is 10.2. The van der Waals surface area contributed by atoms with Gasteiger partial charge in [0.2, 0.25) is 0 Å². The smallest absolute Gasteiger partial charge is 0.000139 e. The molecule has 0 spiro atoms. The Kier molecular flexibility index (Phi) is 13.4. The molecule has 0 N–H and O–H groups in total. The van der Waals surface area contributed by atoms with Crippen molar-refractivity contribution >= 4 is 32.3 Å². The Hall–Kier alpha value is -8.58. The molecule has 12 aromatic carbocycles. The second-order valence-corrected chi connectivity index (χ2v) is 17.1. The highest BCUT2D eigenvalue weighted by Gasteiger charge is 2.27. The molecule has 0 atom stereocenters. The number of fused-ring (bicyclic) bond motifs is 3. The fraction of sp³-hybridized carbons (Fsp3) is 0.0571. The van der Waals surface area contributed by atoms with Crippen LogP contribution in [0.1, 0.15) is 27.7 Å². The van der Waals surface area contributed by atoms with E-state index in [1.54, 1.807) is 0 Å². The summed E-state index contributed by atoms with van der Waals surface area (Å²) in [7, 11) is 0. The van der Waals surface area contributed by atoms with Gasteiger partial charge in [-0.25, -0.2) is 0 Å². The molecule has 0 aliphatic carbocycles. The zero-order valence-corrected chi connectivity index (χ0v) is 40.4. The van der Waals surface area contributed by atoms with Crippen molar-refractivity contribution in [3.8, 4) is 89.0 Å². The fourth-order valence-electron chi connectivity index (χ4n) is 10.2. The lowest BCUT2D eigenvalue weighted by molar-refractivity contribution is 1.50. The Morgan fingerprint density at radius 1 is 0.157 bits per heavy atom. The second-order valence-electron chi connectivity index (χ2n) is 17.1. The van der Waals surface area contributed by atoms with Crippen LogP contribution >= 0.6 is 0 Å². The predicted molar refractivity (Wildman–Crippen MR) is 305 cm³/mol. The summed E-state index contributed by atoms with van der Waals surface area (Å²) in [6.07, 6.45) is 0. The zero-order chi connectivity index (χ0) is 47.8. The lowest BCUT2D eigenvalue weighted by Gasteiger charge is -2.26. The van der Waals surface area contributed by atoms with Gasteiger partial charge in [-0.3, -0.25) is 0 Å². The molecule has 0 aromatic heterocycles. The van der Waals surface area contributed by atoms with Crippen LogP contribution in [0, 0.1) is 0 Å². The van der Waals surface area contributed by atoms with E-state index in [9.17, 15) is 0 Å². The van der Waals surface area contributed by atoms with Gasteiger partial charge in [0.15, 0.2) is 0 Å². The highest BCUT2D eigenvalue weighted by atomic mass is 14.3. The first-order chi connectivity index (χ1) is 34.8. The summed E-state index contributed by atoms with van der Waals surface area (Å²) in [6.45, 7) is 8.00. The van der Waals surface area contributed by atoms with Crippen LogP contribution < -0.4 is 0 Å². The van der Waals surface area contributed by atoms with Gasteiger partial charge in [0, 0.05) is 0 Å². The van der Waals surface area contributed by atoms with Crippen molar-refractivity contribution in [1.29, 1.82) is 0 Å². The van der Waals surface area contributed by atoms with Crippen molar-refractivity contribution in [3.63, 3.8) is 0 Å². The highest BCUT2D eigenvalue weighted by Crippen LogP contribution is 2.54. The Bertz CT molecular complexity index is 3410. The number of hydrogen-bond acceptors (Lipinski definition) is 0. The lowest BCUT2D eigenvalue weighted by Crippen LogP contribution is -1.98. The molecule has 0 heteroatoms. The summed E-state index contributed by atoms with van der Waals surface area (Å²) < 4.78 is 0. The van der Waals surface area contributed by atoms with Gasteiger partial charge in [-0.1, -0.05) is 282 Å². The van der Waals surface area contributed by atoms with E-state index in [0.29, 0.717) is 0 Å². The molecule has 0 fully saturated rings. The molecule has 12 rings (SSSR count). The minimum Gasteiger partial charge on any atom is -0.0683 e. The van der Waals surface area contributed by atoms with Crippen LogP contribution in [0.4, 0.5) is 0 Å². The average molecular weight is 897 g/mol. The number of benzene rings is 12. The molecule has 0 unspecified atom stereocenters. The van der Waals surface area contributed by atoms with E-state index in [-0.39, 0.29) is 0 Å². The molecular weight excluding hydrogens is 841 g/mol. The maximum absolute atomic E-state index is 2.45. The molecule has 0 heterocycles. The normalized spacial score (nSPS) is 10.9. The van der Waals surface area contributed by atoms with Gasteiger partial charge >= 0.3 is 0 Å². The Labute approximate surface area is 413 Å². The zero-order valence-electron chi connectivity index (χ0n) is 40.4. The van der Waals surface area contributed by atoms with E-state index in [1.165, 1.54) is 121 Å². The van der Waals surface area contributed by atoms with Gasteiger partial charge < -0.3 is 0 Å². The molecule has 12 aromatic rings. The summed E-state index contributed by atoms with van der Waals surface area (Å²) in [5.74, 6) is 0. The maximum atomic E-state index is 2.45. The Morgan fingerprint density at radius 2 is 0.343 bits per heavy atom. The molecule has 70 heavy (non-hydrogen) atoms. The third kappa shape index (κ3) is 8.62. The van der Waals surface area contributed by atoms with E-state index < -0.39 is 0 Å². The molecular formula is C70H56. The van der Waals surface area contributed by atoms with Crippen LogP contribution in [-0.4, -0.2) is 0 Å². The Morgan fingerprint density at radius 3 is 0.629 bits per heavy atom. The van der Waals surface area contributed by atoms with E-state index in [0.717, 1.165) is 0 Å². The van der Waals surface area contributed by atoms with Crippen LogP contribution in [0.5, 0.6) is 0 Å². The predicted octanol–water partition coefficient (Wildman–Crippen LogP) is 20.5. The minimum absolute atomic E-state index is 1.18. The van der Waals surface area contributed by atoms with Crippen molar-refractivity contribution in [2.24, 2.45) is 0 Å². The van der Waals surface area contributed by atoms with Crippen LogP contribution in [0.15, 0.2) is 267 Å². The third-order valence-corrected chi connectivity index (χ3v) is 13.3. The molecule has 0 bridgehead atoms. The average Bonchev–Trinajstić information content (AvgIpc) is 3.46. The highest BCUT2D eigenvalue weighted by molar-refractivity contribution is 6.34. The quantitative estimate of drug-likeness (QED) is 0.133. The van der Waals surface area contributed by atoms with Crippen LogP contribution in [0.3, 0.4) is 0 Å².